The van der Waals surface area contributed by atoms with Crippen molar-refractivity contribution in [3.63, 3.8) is 0 Å². The molecule has 1 fully saturated rings. The maximum absolute atomic E-state index is 12.4. The number of carbonyl (C=O) groups excluding carboxylic acids is 1. The van der Waals surface area contributed by atoms with Crippen molar-refractivity contribution in [2.24, 2.45) is 0 Å². The maximum Gasteiger partial charge on any atom is 0.251 e. The van der Waals surface area contributed by atoms with Crippen LogP contribution < -0.4 is 10.1 Å². The van der Waals surface area contributed by atoms with E-state index in [9.17, 15) is 9.90 Å². The number of aromatic nitrogens is 1. The van der Waals surface area contributed by atoms with Gasteiger partial charge in [0.15, 0.2) is 0 Å². The van der Waals surface area contributed by atoms with Gasteiger partial charge in [-0.2, -0.15) is 0 Å². The quantitative estimate of drug-likeness (QED) is 0.710. The molecule has 28 heavy (non-hydrogen) atoms. The molecule has 0 saturated heterocycles. The van der Waals surface area contributed by atoms with E-state index in [2.05, 4.69) is 10.3 Å². The van der Waals surface area contributed by atoms with Gasteiger partial charge >= 0.3 is 0 Å². The molecule has 4 rings (SSSR count). The predicted octanol–water partition coefficient (Wildman–Crippen LogP) is 3.85. The van der Waals surface area contributed by atoms with Crippen molar-refractivity contribution in [3.05, 3.63) is 71.9 Å². The molecule has 0 atom stereocenters. The molecule has 0 spiro atoms. The topological polar surface area (TPSA) is 71.5 Å². The fraction of sp³-hybridized carbons (Fsp3) is 0.304. The fourth-order valence-electron chi connectivity index (χ4n) is 3.72. The number of carbonyl (C=O) groups is 1. The molecule has 0 bridgehead atoms. The molecule has 0 radical (unpaired) electrons. The number of aliphatic hydroxyl groups is 1. The van der Waals surface area contributed by atoms with Crippen molar-refractivity contribution < 1.29 is 14.6 Å². The van der Waals surface area contributed by atoms with Gasteiger partial charge in [0.05, 0.1) is 18.2 Å². The Hall–Kier alpha value is -2.92. The Morgan fingerprint density at radius 3 is 2.75 bits per heavy atom. The highest BCUT2D eigenvalue weighted by atomic mass is 16.5. The summed E-state index contributed by atoms with van der Waals surface area (Å²) >= 11 is 0. The van der Waals surface area contributed by atoms with E-state index in [1.165, 1.54) is 0 Å². The lowest BCUT2D eigenvalue weighted by Crippen LogP contribution is -2.39. The van der Waals surface area contributed by atoms with Crippen molar-refractivity contribution >= 4 is 16.8 Å². The predicted molar refractivity (Wildman–Crippen MR) is 108 cm³/mol. The van der Waals surface area contributed by atoms with Crippen molar-refractivity contribution in [1.82, 2.24) is 10.3 Å². The first-order valence-corrected chi connectivity index (χ1v) is 9.73. The average Bonchev–Trinajstić information content (AvgIpc) is 2.75. The molecule has 0 unspecified atom stereocenters. The number of amides is 1. The Kier molecular flexibility index (Phi) is 5.53. The summed E-state index contributed by atoms with van der Waals surface area (Å²) in [5.41, 5.74) is 2.30. The maximum atomic E-state index is 12.4. The van der Waals surface area contributed by atoms with Crippen LogP contribution in [0.4, 0.5) is 0 Å². The van der Waals surface area contributed by atoms with E-state index in [0.29, 0.717) is 5.56 Å². The summed E-state index contributed by atoms with van der Waals surface area (Å²) in [6, 6.07) is 17.2. The van der Waals surface area contributed by atoms with Gasteiger partial charge in [0.2, 0.25) is 0 Å². The second-order valence-corrected chi connectivity index (χ2v) is 7.28. The lowest BCUT2D eigenvalue weighted by molar-refractivity contribution is 0.0894. The van der Waals surface area contributed by atoms with Crippen molar-refractivity contribution in [1.29, 1.82) is 0 Å². The first-order chi connectivity index (χ1) is 13.7. The van der Waals surface area contributed by atoms with E-state index in [-0.39, 0.29) is 24.7 Å². The molecule has 1 heterocycles. The van der Waals surface area contributed by atoms with Gasteiger partial charge in [-0.05, 0) is 67.6 Å². The zero-order valence-corrected chi connectivity index (χ0v) is 15.7. The Labute approximate surface area is 164 Å². The summed E-state index contributed by atoms with van der Waals surface area (Å²) in [6.07, 6.45) is 5.56. The summed E-state index contributed by atoms with van der Waals surface area (Å²) < 4.78 is 6.16. The van der Waals surface area contributed by atoms with E-state index in [1.807, 2.05) is 36.4 Å². The van der Waals surface area contributed by atoms with Gasteiger partial charge in [-0.25, -0.2) is 0 Å². The number of nitrogens with one attached hydrogen (secondary N) is 1. The zero-order valence-electron chi connectivity index (χ0n) is 15.7. The summed E-state index contributed by atoms with van der Waals surface area (Å²) in [4.78, 5) is 16.8. The second kappa shape index (κ2) is 8.40. The summed E-state index contributed by atoms with van der Waals surface area (Å²) in [5.74, 6) is 0.788. The average molecular weight is 376 g/mol. The minimum absolute atomic E-state index is 0.0611. The normalized spacial score (nSPS) is 19.3. The van der Waals surface area contributed by atoms with Crippen LogP contribution in [0.1, 0.15) is 41.6 Å². The van der Waals surface area contributed by atoms with E-state index in [0.717, 1.165) is 47.9 Å². The highest BCUT2D eigenvalue weighted by Crippen LogP contribution is 2.26. The molecule has 1 saturated carbocycles. The number of fused-ring (bicyclic) bond motifs is 1. The molecule has 1 aromatic heterocycles. The van der Waals surface area contributed by atoms with Crippen LogP contribution in [0.2, 0.25) is 0 Å². The zero-order chi connectivity index (χ0) is 19.3. The smallest absolute Gasteiger partial charge is 0.251 e. The minimum Gasteiger partial charge on any atom is -0.490 e. The largest absolute Gasteiger partial charge is 0.490 e. The first kappa shape index (κ1) is 18.4. The minimum atomic E-state index is -0.0818. The van der Waals surface area contributed by atoms with Gasteiger partial charge in [-0.1, -0.05) is 18.2 Å². The number of ether oxygens (including phenoxy) is 1. The van der Waals surface area contributed by atoms with Crippen LogP contribution in [0.15, 0.2) is 60.8 Å². The van der Waals surface area contributed by atoms with Gasteiger partial charge in [-0.15, -0.1) is 0 Å². The number of hydrogen-bond donors (Lipinski definition) is 2. The third-order valence-corrected chi connectivity index (χ3v) is 5.26. The van der Waals surface area contributed by atoms with Crippen LogP contribution >= 0.6 is 0 Å². The lowest BCUT2D eigenvalue weighted by atomic mass is 9.92. The third-order valence-electron chi connectivity index (χ3n) is 5.26. The van der Waals surface area contributed by atoms with Gasteiger partial charge < -0.3 is 15.2 Å². The lowest BCUT2D eigenvalue weighted by Gasteiger charge is -2.29. The van der Waals surface area contributed by atoms with E-state index < -0.39 is 0 Å². The summed E-state index contributed by atoms with van der Waals surface area (Å²) in [7, 11) is 0. The molecule has 2 aromatic carbocycles. The third kappa shape index (κ3) is 4.31. The molecule has 1 amide bonds. The van der Waals surface area contributed by atoms with E-state index in [4.69, 9.17) is 4.74 Å². The highest BCUT2D eigenvalue weighted by Gasteiger charge is 2.24. The molecule has 1 aliphatic rings. The molecular weight excluding hydrogens is 352 g/mol. The van der Waals surface area contributed by atoms with Crippen LogP contribution in [-0.4, -0.2) is 28.1 Å². The Morgan fingerprint density at radius 2 is 1.93 bits per heavy atom. The Balaban J connectivity index is 1.30. The Morgan fingerprint density at radius 1 is 1.07 bits per heavy atom. The number of aliphatic hydroxyl groups excluding tert-OH is 1. The number of pyridine rings is 1. The molecule has 1 aliphatic carbocycles. The number of nitrogens with zero attached hydrogens (tertiary/aromatic N) is 1. The van der Waals surface area contributed by atoms with E-state index in [1.54, 1.807) is 24.4 Å². The Bertz CT molecular complexity index is 965. The fourth-order valence-corrected chi connectivity index (χ4v) is 3.72. The number of hydrogen-bond acceptors (Lipinski definition) is 4. The van der Waals surface area contributed by atoms with Crippen molar-refractivity contribution in [2.75, 3.05) is 0 Å². The van der Waals surface area contributed by atoms with Crippen molar-refractivity contribution in [2.45, 2.75) is 44.4 Å². The van der Waals surface area contributed by atoms with Gasteiger partial charge in [0, 0.05) is 23.2 Å². The van der Waals surface area contributed by atoms with Gasteiger partial charge in [0.25, 0.3) is 5.91 Å². The number of rotatable bonds is 5. The highest BCUT2D eigenvalue weighted by molar-refractivity contribution is 5.94. The number of benzene rings is 2. The molecular formula is C23H24N2O3. The monoisotopic (exact) mass is 376 g/mol. The molecule has 0 aliphatic heterocycles. The standard InChI is InChI=1S/C23H24N2O3/c26-15-16-3-1-4-18(13-16)23(27)25-19-6-8-20(9-7-19)28-21-10-11-22-17(14-21)5-2-12-24-22/h1-5,10-14,19-20,26H,6-9,15H2,(H,25,27). The van der Waals surface area contributed by atoms with Crippen LogP contribution in [0.5, 0.6) is 5.75 Å². The van der Waals surface area contributed by atoms with Crippen LogP contribution in [-0.2, 0) is 6.61 Å². The van der Waals surface area contributed by atoms with Crippen molar-refractivity contribution in [3.8, 4) is 5.75 Å². The second-order valence-electron chi connectivity index (χ2n) is 7.28. The summed E-state index contributed by atoms with van der Waals surface area (Å²) in [5, 5.41) is 13.4. The molecule has 5 heteroatoms. The van der Waals surface area contributed by atoms with Crippen LogP contribution in [0, 0.1) is 0 Å². The van der Waals surface area contributed by atoms with Gasteiger partial charge in [0.1, 0.15) is 5.75 Å². The van der Waals surface area contributed by atoms with Gasteiger partial charge in [-0.3, -0.25) is 9.78 Å². The molecule has 3 aromatic rings. The van der Waals surface area contributed by atoms with Crippen LogP contribution in [0.25, 0.3) is 10.9 Å². The summed E-state index contributed by atoms with van der Waals surface area (Å²) in [6.45, 7) is -0.0611. The van der Waals surface area contributed by atoms with Crippen LogP contribution in [0.3, 0.4) is 0 Å². The molecule has 144 valence electrons. The molecule has 2 N–H and O–H groups in total. The SMILES string of the molecule is O=C(NC1CCC(Oc2ccc3ncccc3c2)CC1)c1cccc(CO)c1. The first-order valence-electron chi connectivity index (χ1n) is 9.73. The van der Waals surface area contributed by atoms with E-state index >= 15 is 0 Å². The molecule has 5 nitrogen and oxygen atoms in total.